The summed E-state index contributed by atoms with van der Waals surface area (Å²) in [4.78, 5) is 16.4. The van der Waals surface area contributed by atoms with Crippen LogP contribution in [-0.2, 0) is 0 Å². The number of hydrogen-bond donors (Lipinski definition) is 0. The summed E-state index contributed by atoms with van der Waals surface area (Å²) in [6.45, 7) is 0. The molecule has 0 saturated carbocycles. The summed E-state index contributed by atoms with van der Waals surface area (Å²) in [5.74, 6) is 1.29. The van der Waals surface area contributed by atoms with E-state index in [1.807, 2.05) is 0 Å². The number of nitrogens with zero attached hydrogens (tertiary/aromatic N) is 5. The lowest BCUT2D eigenvalue weighted by Crippen LogP contribution is -1.88. The van der Waals surface area contributed by atoms with E-state index in [0.717, 1.165) is 5.56 Å². The standard InChI is InChI=1S/C12H9N5O2/c1-18-10-3-2-8(6-15-10)11-16-12(19-17-11)9-7-13-4-5-14-9/h2-7H,1H3. The Labute approximate surface area is 108 Å². The molecule has 3 aromatic rings. The highest BCUT2D eigenvalue weighted by molar-refractivity contribution is 5.56. The molecule has 0 amide bonds. The molecule has 0 aliphatic carbocycles. The zero-order valence-corrected chi connectivity index (χ0v) is 10.0. The third kappa shape index (κ3) is 2.25. The Hall–Kier alpha value is -2.83. The quantitative estimate of drug-likeness (QED) is 0.702. The van der Waals surface area contributed by atoms with Gasteiger partial charge in [-0.2, -0.15) is 4.98 Å². The Bertz CT molecular complexity index is 666. The van der Waals surface area contributed by atoms with Crippen molar-refractivity contribution in [3.63, 3.8) is 0 Å². The molecule has 0 aliphatic heterocycles. The van der Waals surface area contributed by atoms with E-state index in [2.05, 4.69) is 25.1 Å². The average Bonchev–Trinajstić information content (AvgIpc) is 2.98. The van der Waals surface area contributed by atoms with Crippen molar-refractivity contribution >= 4 is 0 Å². The molecule has 0 N–H and O–H groups in total. The van der Waals surface area contributed by atoms with Crippen molar-refractivity contribution in [2.45, 2.75) is 0 Å². The maximum absolute atomic E-state index is 5.14. The fraction of sp³-hybridized carbons (Fsp3) is 0.0833. The van der Waals surface area contributed by atoms with Crippen LogP contribution in [0.15, 0.2) is 41.4 Å². The number of hydrogen-bond acceptors (Lipinski definition) is 7. The minimum atomic E-state index is 0.318. The highest BCUT2D eigenvalue weighted by Crippen LogP contribution is 2.20. The van der Waals surface area contributed by atoms with Crippen LogP contribution in [0.3, 0.4) is 0 Å². The van der Waals surface area contributed by atoms with Crippen LogP contribution in [0.25, 0.3) is 23.0 Å². The molecule has 3 heterocycles. The van der Waals surface area contributed by atoms with Crippen molar-refractivity contribution < 1.29 is 9.26 Å². The molecule has 3 rings (SSSR count). The van der Waals surface area contributed by atoms with Gasteiger partial charge in [-0.05, 0) is 6.07 Å². The van der Waals surface area contributed by atoms with Crippen molar-refractivity contribution in [2.75, 3.05) is 7.11 Å². The Kier molecular flexibility index (Phi) is 2.85. The molecule has 7 nitrogen and oxygen atoms in total. The van der Waals surface area contributed by atoms with E-state index in [-0.39, 0.29) is 0 Å². The fourth-order valence-corrected chi connectivity index (χ4v) is 1.49. The van der Waals surface area contributed by atoms with E-state index in [1.165, 1.54) is 0 Å². The van der Waals surface area contributed by atoms with Crippen molar-refractivity contribution in [3.05, 3.63) is 36.9 Å². The molecule has 0 spiro atoms. The molecule has 0 saturated heterocycles. The summed E-state index contributed by atoms with van der Waals surface area (Å²) >= 11 is 0. The Morgan fingerprint density at radius 1 is 1.11 bits per heavy atom. The summed E-state index contributed by atoms with van der Waals surface area (Å²) in [5, 5.41) is 3.88. The molecule has 94 valence electrons. The lowest BCUT2D eigenvalue weighted by molar-refractivity contribution is 0.398. The van der Waals surface area contributed by atoms with Crippen LogP contribution in [0, 0.1) is 0 Å². The molecule has 0 aliphatic rings. The van der Waals surface area contributed by atoms with Crippen LogP contribution >= 0.6 is 0 Å². The molecule has 0 bridgehead atoms. The van der Waals surface area contributed by atoms with Gasteiger partial charge in [0.05, 0.1) is 13.3 Å². The van der Waals surface area contributed by atoms with Gasteiger partial charge in [0.15, 0.2) is 0 Å². The van der Waals surface area contributed by atoms with Gasteiger partial charge in [-0.1, -0.05) is 5.16 Å². The van der Waals surface area contributed by atoms with E-state index in [0.29, 0.717) is 23.3 Å². The summed E-state index contributed by atoms with van der Waals surface area (Å²) in [5.41, 5.74) is 1.27. The van der Waals surface area contributed by atoms with Gasteiger partial charge in [0.1, 0.15) is 5.69 Å². The number of ether oxygens (including phenoxy) is 1. The maximum Gasteiger partial charge on any atom is 0.278 e. The molecule has 0 fully saturated rings. The number of rotatable bonds is 3. The van der Waals surface area contributed by atoms with Crippen LogP contribution in [0.5, 0.6) is 5.88 Å². The largest absolute Gasteiger partial charge is 0.481 e. The molecule has 0 radical (unpaired) electrons. The van der Waals surface area contributed by atoms with E-state index in [4.69, 9.17) is 9.26 Å². The fourth-order valence-electron chi connectivity index (χ4n) is 1.49. The molecular weight excluding hydrogens is 246 g/mol. The van der Waals surface area contributed by atoms with E-state index >= 15 is 0 Å². The normalized spacial score (nSPS) is 10.4. The summed E-state index contributed by atoms with van der Waals surface area (Å²) < 4.78 is 10.1. The predicted molar refractivity (Wildman–Crippen MR) is 65.1 cm³/mol. The minimum absolute atomic E-state index is 0.318. The third-order valence-corrected chi connectivity index (χ3v) is 2.41. The monoisotopic (exact) mass is 255 g/mol. The highest BCUT2D eigenvalue weighted by Gasteiger charge is 2.11. The van der Waals surface area contributed by atoms with Gasteiger partial charge in [-0.25, -0.2) is 9.97 Å². The van der Waals surface area contributed by atoms with E-state index in [1.54, 1.807) is 44.0 Å². The van der Waals surface area contributed by atoms with Gasteiger partial charge >= 0.3 is 0 Å². The van der Waals surface area contributed by atoms with Crippen LogP contribution in [-0.4, -0.2) is 32.2 Å². The third-order valence-electron chi connectivity index (χ3n) is 2.41. The maximum atomic E-state index is 5.14. The first kappa shape index (κ1) is 11.3. The molecule has 0 atom stereocenters. The second-order valence-corrected chi connectivity index (χ2v) is 3.60. The summed E-state index contributed by atoms with van der Waals surface area (Å²) in [6, 6.07) is 3.53. The summed E-state index contributed by atoms with van der Waals surface area (Å²) in [6.07, 6.45) is 6.32. The zero-order valence-electron chi connectivity index (χ0n) is 10.0. The van der Waals surface area contributed by atoms with Crippen molar-refractivity contribution in [3.8, 4) is 28.9 Å². The first-order chi connectivity index (χ1) is 9.36. The highest BCUT2D eigenvalue weighted by atomic mass is 16.5. The predicted octanol–water partition coefficient (Wildman–Crippen LogP) is 1.60. The molecule has 0 aromatic carbocycles. The minimum Gasteiger partial charge on any atom is -0.481 e. The SMILES string of the molecule is COc1ccc(-c2noc(-c3cnccn3)n2)cn1. The van der Waals surface area contributed by atoms with Gasteiger partial charge in [-0.15, -0.1) is 0 Å². The van der Waals surface area contributed by atoms with Crippen molar-refractivity contribution in [1.29, 1.82) is 0 Å². The Morgan fingerprint density at radius 2 is 2.05 bits per heavy atom. The van der Waals surface area contributed by atoms with Gasteiger partial charge in [-0.3, -0.25) is 4.98 Å². The topological polar surface area (TPSA) is 86.8 Å². The Morgan fingerprint density at radius 3 is 2.74 bits per heavy atom. The molecular formula is C12H9N5O2. The molecule has 3 aromatic heterocycles. The smallest absolute Gasteiger partial charge is 0.278 e. The van der Waals surface area contributed by atoms with E-state index in [9.17, 15) is 0 Å². The number of pyridine rings is 1. The van der Waals surface area contributed by atoms with Gasteiger partial charge in [0.25, 0.3) is 5.89 Å². The molecule has 0 unspecified atom stereocenters. The first-order valence-electron chi connectivity index (χ1n) is 5.47. The zero-order chi connectivity index (χ0) is 13.1. The average molecular weight is 255 g/mol. The van der Waals surface area contributed by atoms with Gasteiger partial charge < -0.3 is 9.26 Å². The lowest BCUT2D eigenvalue weighted by atomic mass is 10.3. The number of methoxy groups -OCH3 is 1. The first-order valence-corrected chi connectivity index (χ1v) is 5.47. The second-order valence-electron chi connectivity index (χ2n) is 3.60. The second kappa shape index (κ2) is 4.81. The van der Waals surface area contributed by atoms with Gasteiger partial charge in [0.2, 0.25) is 11.7 Å². The lowest BCUT2D eigenvalue weighted by Gasteiger charge is -1.97. The number of aromatic nitrogens is 5. The summed E-state index contributed by atoms with van der Waals surface area (Å²) in [7, 11) is 1.56. The molecule has 19 heavy (non-hydrogen) atoms. The molecule has 7 heteroatoms. The van der Waals surface area contributed by atoms with Crippen molar-refractivity contribution in [1.82, 2.24) is 25.1 Å². The van der Waals surface area contributed by atoms with Crippen LogP contribution in [0.1, 0.15) is 0 Å². The van der Waals surface area contributed by atoms with Gasteiger partial charge in [0, 0.05) is 30.2 Å². The van der Waals surface area contributed by atoms with E-state index < -0.39 is 0 Å². The van der Waals surface area contributed by atoms with Crippen molar-refractivity contribution in [2.24, 2.45) is 0 Å². The van der Waals surface area contributed by atoms with Crippen LogP contribution in [0.4, 0.5) is 0 Å². The van der Waals surface area contributed by atoms with Crippen LogP contribution < -0.4 is 4.74 Å². The van der Waals surface area contributed by atoms with Crippen LogP contribution in [0.2, 0.25) is 0 Å². The Balaban J connectivity index is 1.92.